The van der Waals surface area contributed by atoms with Crippen LogP contribution in [0.25, 0.3) is 0 Å². The van der Waals surface area contributed by atoms with Crippen molar-refractivity contribution < 1.29 is 14.3 Å². The molecule has 3 rings (SSSR count). The van der Waals surface area contributed by atoms with Gasteiger partial charge in [0.2, 0.25) is 11.8 Å². The molecule has 0 atom stereocenters. The molecule has 2 amide bonds. The predicted octanol–water partition coefficient (Wildman–Crippen LogP) is 3.39. The normalized spacial score (nSPS) is 12.9. The number of amides is 2. The van der Waals surface area contributed by atoms with Gasteiger partial charge in [0.1, 0.15) is 12.4 Å². The van der Waals surface area contributed by atoms with Crippen LogP contribution in [0.5, 0.6) is 5.75 Å². The summed E-state index contributed by atoms with van der Waals surface area (Å²) >= 11 is 0. The number of aryl methyl sites for hydroxylation is 1. The molecule has 0 saturated heterocycles. The lowest BCUT2D eigenvalue weighted by atomic mass is 10.1. The van der Waals surface area contributed by atoms with Gasteiger partial charge in [-0.2, -0.15) is 0 Å². The molecular formula is C20H22N2O3. The number of fused-ring (bicyclic) bond motifs is 1. The second-order valence-corrected chi connectivity index (χ2v) is 5.92. The van der Waals surface area contributed by atoms with E-state index in [2.05, 4.69) is 5.32 Å². The van der Waals surface area contributed by atoms with Gasteiger partial charge < -0.3 is 15.0 Å². The van der Waals surface area contributed by atoms with Crippen molar-refractivity contribution in [3.05, 3.63) is 54.1 Å². The second-order valence-electron chi connectivity index (χ2n) is 5.92. The Morgan fingerprint density at radius 2 is 1.84 bits per heavy atom. The molecule has 25 heavy (non-hydrogen) atoms. The quantitative estimate of drug-likeness (QED) is 0.909. The molecule has 1 N–H and O–H groups in total. The second kappa shape index (κ2) is 7.83. The van der Waals surface area contributed by atoms with Gasteiger partial charge in [0.05, 0.1) is 12.2 Å². The van der Waals surface area contributed by atoms with E-state index in [0.717, 1.165) is 23.4 Å². The number of carbonyl (C=O) groups is 2. The molecule has 130 valence electrons. The lowest BCUT2D eigenvalue weighted by molar-refractivity contribution is -0.122. The molecule has 1 aliphatic rings. The number of carbonyl (C=O) groups excluding carboxylic acids is 2. The van der Waals surface area contributed by atoms with Gasteiger partial charge in [0, 0.05) is 18.5 Å². The zero-order valence-electron chi connectivity index (χ0n) is 14.3. The molecule has 5 heteroatoms. The number of anilines is 2. The van der Waals surface area contributed by atoms with Crippen LogP contribution in [-0.4, -0.2) is 25.0 Å². The summed E-state index contributed by atoms with van der Waals surface area (Å²) in [6.07, 6.45) is 1.19. The highest BCUT2D eigenvalue weighted by atomic mass is 16.5. The molecule has 5 nitrogen and oxygen atoms in total. The number of nitrogens with zero attached hydrogens (tertiary/aromatic N) is 1. The Labute approximate surface area is 147 Å². The number of rotatable bonds is 5. The summed E-state index contributed by atoms with van der Waals surface area (Å²) in [4.78, 5) is 26.4. The Hall–Kier alpha value is -2.82. The Morgan fingerprint density at radius 3 is 2.68 bits per heavy atom. The average molecular weight is 338 g/mol. The van der Waals surface area contributed by atoms with Gasteiger partial charge in [0.15, 0.2) is 0 Å². The minimum absolute atomic E-state index is 0.0605. The van der Waals surface area contributed by atoms with Gasteiger partial charge >= 0.3 is 0 Å². The third-order valence-electron chi connectivity index (χ3n) is 4.27. The summed E-state index contributed by atoms with van der Waals surface area (Å²) in [5, 5.41) is 2.90. The van der Waals surface area contributed by atoms with Crippen molar-refractivity contribution in [2.45, 2.75) is 26.2 Å². The van der Waals surface area contributed by atoms with Crippen LogP contribution in [0.1, 0.15) is 25.3 Å². The molecule has 0 saturated carbocycles. The van der Waals surface area contributed by atoms with Gasteiger partial charge in [-0.25, -0.2) is 0 Å². The minimum atomic E-state index is -0.143. The Balaban J connectivity index is 1.59. The molecule has 1 aliphatic heterocycles. The third-order valence-corrected chi connectivity index (χ3v) is 4.27. The van der Waals surface area contributed by atoms with E-state index in [1.54, 1.807) is 4.90 Å². The van der Waals surface area contributed by atoms with Crippen molar-refractivity contribution in [2.24, 2.45) is 0 Å². The van der Waals surface area contributed by atoms with E-state index in [4.69, 9.17) is 4.74 Å². The van der Waals surface area contributed by atoms with E-state index in [9.17, 15) is 9.59 Å². The highest BCUT2D eigenvalue weighted by molar-refractivity contribution is 5.99. The highest BCUT2D eigenvalue weighted by Gasteiger charge is 2.23. The van der Waals surface area contributed by atoms with Gasteiger partial charge in [-0.1, -0.05) is 37.3 Å². The van der Waals surface area contributed by atoms with Crippen molar-refractivity contribution in [1.82, 2.24) is 0 Å². The summed E-state index contributed by atoms with van der Waals surface area (Å²) in [7, 11) is 0. The van der Waals surface area contributed by atoms with Gasteiger partial charge in [-0.05, 0) is 30.2 Å². The molecule has 0 fully saturated rings. The summed E-state index contributed by atoms with van der Waals surface area (Å²) in [6.45, 7) is 3.03. The van der Waals surface area contributed by atoms with Crippen LogP contribution in [0.2, 0.25) is 0 Å². The van der Waals surface area contributed by atoms with Crippen molar-refractivity contribution >= 4 is 23.2 Å². The molecule has 2 aromatic rings. The van der Waals surface area contributed by atoms with Gasteiger partial charge in [-0.3, -0.25) is 9.59 Å². The summed E-state index contributed by atoms with van der Waals surface area (Å²) in [6, 6.07) is 15.2. The Kier molecular flexibility index (Phi) is 5.33. The lowest BCUT2D eigenvalue weighted by Gasteiger charge is -2.29. The summed E-state index contributed by atoms with van der Waals surface area (Å²) < 4.78 is 5.56. The smallest absolute Gasteiger partial charge is 0.227 e. The topological polar surface area (TPSA) is 58.6 Å². The van der Waals surface area contributed by atoms with E-state index in [1.807, 2.05) is 55.5 Å². The Morgan fingerprint density at radius 1 is 1.08 bits per heavy atom. The van der Waals surface area contributed by atoms with E-state index < -0.39 is 0 Å². The molecule has 0 aromatic heterocycles. The van der Waals surface area contributed by atoms with Crippen molar-refractivity contribution in [2.75, 3.05) is 23.4 Å². The van der Waals surface area contributed by atoms with Crippen LogP contribution in [0.3, 0.4) is 0 Å². The van der Waals surface area contributed by atoms with Gasteiger partial charge in [0.25, 0.3) is 0 Å². The maximum absolute atomic E-state index is 12.5. The molecule has 0 unspecified atom stereocenters. The zero-order chi connectivity index (χ0) is 17.6. The van der Waals surface area contributed by atoms with Crippen LogP contribution >= 0.6 is 0 Å². The first-order valence-electron chi connectivity index (χ1n) is 8.59. The maximum Gasteiger partial charge on any atom is 0.227 e. The van der Waals surface area contributed by atoms with Crippen molar-refractivity contribution in [3.63, 3.8) is 0 Å². The number of para-hydroxylation sites is 3. The van der Waals surface area contributed by atoms with Crippen molar-refractivity contribution in [1.29, 1.82) is 0 Å². The standard InChI is InChI=1S/C20H22N2O3/c1-2-15-7-3-4-8-16(15)21-19(23)11-12-20(24)22-13-14-25-18-10-6-5-9-17(18)22/h3-10H,2,11-14H2,1H3,(H,21,23). The van der Waals surface area contributed by atoms with Crippen LogP contribution in [-0.2, 0) is 16.0 Å². The van der Waals surface area contributed by atoms with E-state index in [0.29, 0.717) is 18.9 Å². The first-order valence-corrected chi connectivity index (χ1v) is 8.59. The van der Waals surface area contributed by atoms with E-state index in [-0.39, 0.29) is 24.7 Å². The molecule has 0 radical (unpaired) electrons. The third kappa shape index (κ3) is 3.99. The maximum atomic E-state index is 12.5. The fourth-order valence-corrected chi connectivity index (χ4v) is 2.95. The zero-order valence-corrected chi connectivity index (χ0v) is 14.3. The molecule has 0 spiro atoms. The van der Waals surface area contributed by atoms with Crippen LogP contribution in [0, 0.1) is 0 Å². The van der Waals surface area contributed by atoms with Gasteiger partial charge in [-0.15, -0.1) is 0 Å². The van der Waals surface area contributed by atoms with Crippen LogP contribution < -0.4 is 15.0 Å². The fourth-order valence-electron chi connectivity index (χ4n) is 2.95. The predicted molar refractivity (Wildman–Crippen MR) is 98.0 cm³/mol. The summed E-state index contributed by atoms with van der Waals surface area (Å²) in [5.41, 5.74) is 2.68. The molecule has 0 bridgehead atoms. The molecular weight excluding hydrogens is 316 g/mol. The number of benzene rings is 2. The van der Waals surface area contributed by atoms with E-state index >= 15 is 0 Å². The minimum Gasteiger partial charge on any atom is -0.490 e. The van der Waals surface area contributed by atoms with Crippen molar-refractivity contribution in [3.8, 4) is 5.75 Å². The first kappa shape index (κ1) is 17.0. The summed E-state index contributed by atoms with van der Waals surface area (Å²) in [5.74, 6) is 0.508. The average Bonchev–Trinajstić information content (AvgIpc) is 2.66. The largest absolute Gasteiger partial charge is 0.490 e. The van der Waals surface area contributed by atoms with Crippen LogP contribution in [0.15, 0.2) is 48.5 Å². The molecule has 1 heterocycles. The molecule has 0 aliphatic carbocycles. The van der Waals surface area contributed by atoms with Crippen LogP contribution in [0.4, 0.5) is 11.4 Å². The number of nitrogens with one attached hydrogen (secondary N) is 1. The molecule has 2 aromatic carbocycles. The monoisotopic (exact) mass is 338 g/mol. The number of hydrogen-bond donors (Lipinski definition) is 1. The first-order chi connectivity index (χ1) is 12.2. The fraction of sp³-hybridized carbons (Fsp3) is 0.300. The highest BCUT2D eigenvalue weighted by Crippen LogP contribution is 2.31. The van der Waals surface area contributed by atoms with E-state index in [1.165, 1.54) is 0 Å². The SMILES string of the molecule is CCc1ccccc1NC(=O)CCC(=O)N1CCOc2ccccc21. The Bertz CT molecular complexity index is 773. The lowest BCUT2D eigenvalue weighted by Crippen LogP contribution is -2.38. The number of hydrogen-bond acceptors (Lipinski definition) is 3. The number of ether oxygens (including phenoxy) is 1.